The van der Waals surface area contributed by atoms with Crippen molar-refractivity contribution in [3.8, 4) is 0 Å². The lowest BCUT2D eigenvalue weighted by Crippen LogP contribution is -2.23. The van der Waals surface area contributed by atoms with Crippen LogP contribution in [0.15, 0.2) is 120 Å². The summed E-state index contributed by atoms with van der Waals surface area (Å²) in [5.41, 5.74) is 4.81. The molecule has 1 aliphatic carbocycles. The van der Waals surface area contributed by atoms with Crippen LogP contribution in [0.4, 0.5) is 11.4 Å². The first-order valence-corrected chi connectivity index (χ1v) is 13.4. The van der Waals surface area contributed by atoms with Crippen molar-refractivity contribution in [3.05, 3.63) is 142 Å². The second-order valence-electron chi connectivity index (χ2n) is 10.6. The van der Waals surface area contributed by atoms with Gasteiger partial charge >= 0.3 is 0 Å². The molecule has 188 valence electrons. The number of carbonyl (C=O) groups is 2. The fourth-order valence-corrected chi connectivity index (χ4v) is 6.26. The van der Waals surface area contributed by atoms with Gasteiger partial charge in [-0.15, -0.1) is 0 Å². The van der Waals surface area contributed by atoms with Gasteiger partial charge in [0.2, 0.25) is 0 Å². The van der Waals surface area contributed by atoms with Gasteiger partial charge in [-0.25, -0.2) is 0 Å². The summed E-state index contributed by atoms with van der Waals surface area (Å²) in [6.07, 6.45) is 3.65. The lowest BCUT2D eigenvalue weighted by molar-refractivity contribution is 0.0988. The van der Waals surface area contributed by atoms with Crippen molar-refractivity contribution in [2.24, 2.45) is 0 Å². The van der Waals surface area contributed by atoms with Crippen LogP contribution in [0, 0.1) is 0 Å². The molecule has 2 aliphatic rings. The third kappa shape index (κ3) is 3.43. The Morgan fingerprint density at radius 3 is 1.87 bits per heavy atom. The summed E-state index contributed by atoms with van der Waals surface area (Å²) in [4.78, 5) is 28.7. The number of fused-ring (bicyclic) bond motifs is 4. The summed E-state index contributed by atoms with van der Waals surface area (Å²) in [6.45, 7) is 4.32. The van der Waals surface area contributed by atoms with Gasteiger partial charge in [0.15, 0.2) is 11.6 Å². The fourth-order valence-electron chi connectivity index (χ4n) is 6.09. The number of ketones is 2. The van der Waals surface area contributed by atoms with Gasteiger partial charge in [-0.3, -0.25) is 9.59 Å². The molecule has 0 aromatic heterocycles. The second kappa shape index (κ2) is 8.52. The van der Waals surface area contributed by atoms with E-state index in [1.165, 1.54) is 0 Å². The Morgan fingerprint density at radius 2 is 1.26 bits per heavy atom. The first-order chi connectivity index (χ1) is 18.9. The number of rotatable bonds is 2. The van der Waals surface area contributed by atoms with Crippen LogP contribution in [-0.4, -0.2) is 11.6 Å². The molecule has 0 saturated heterocycles. The van der Waals surface area contributed by atoms with Crippen molar-refractivity contribution < 1.29 is 9.59 Å². The van der Waals surface area contributed by atoms with Crippen molar-refractivity contribution in [1.82, 2.24) is 0 Å². The number of halogens is 1. The van der Waals surface area contributed by atoms with Gasteiger partial charge in [0.05, 0.1) is 16.9 Å². The molecule has 0 bridgehead atoms. The van der Waals surface area contributed by atoms with E-state index in [0.717, 1.165) is 44.2 Å². The van der Waals surface area contributed by atoms with E-state index >= 15 is 0 Å². The summed E-state index contributed by atoms with van der Waals surface area (Å²) < 4.78 is 0. The Morgan fingerprint density at radius 1 is 0.692 bits per heavy atom. The third-order valence-corrected chi connectivity index (χ3v) is 8.27. The summed E-state index contributed by atoms with van der Waals surface area (Å²) in [7, 11) is 0. The predicted molar refractivity (Wildman–Crippen MR) is 159 cm³/mol. The van der Waals surface area contributed by atoms with Crippen molar-refractivity contribution in [1.29, 1.82) is 0 Å². The number of Topliss-reactive ketones (excluding diaryl/α,β-unsaturated/α-hetero) is 2. The molecule has 5 aromatic rings. The topological polar surface area (TPSA) is 37.4 Å². The van der Waals surface area contributed by atoms with Gasteiger partial charge < -0.3 is 4.90 Å². The lowest BCUT2D eigenvalue weighted by atomic mass is 9.83. The van der Waals surface area contributed by atoms with Gasteiger partial charge in [0.1, 0.15) is 0 Å². The zero-order valence-corrected chi connectivity index (χ0v) is 22.3. The zero-order chi connectivity index (χ0) is 26.9. The SMILES string of the molecule is CC1(C)/C(=C\C=C2C(=O)c3ccccc3C2=O)N(c2c3ccccc3cc3ccccc23)c2ccc(Cl)cc21. The maximum Gasteiger partial charge on any atom is 0.197 e. The predicted octanol–water partition coefficient (Wildman–Crippen LogP) is 8.97. The van der Waals surface area contributed by atoms with Crippen LogP contribution >= 0.6 is 11.6 Å². The smallest absolute Gasteiger partial charge is 0.197 e. The first-order valence-electron chi connectivity index (χ1n) is 13.0. The van der Waals surface area contributed by atoms with Crippen LogP contribution in [0.2, 0.25) is 5.02 Å². The maximum absolute atomic E-state index is 13.2. The van der Waals surface area contributed by atoms with E-state index in [4.69, 9.17) is 11.6 Å². The minimum Gasteiger partial charge on any atom is -0.312 e. The van der Waals surface area contributed by atoms with Gasteiger partial charge in [-0.05, 0) is 52.8 Å². The molecule has 0 unspecified atom stereocenters. The van der Waals surface area contributed by atoms with E-state index in [9.17, 15) is 9.59 Å². The number of anilines is 2. The van der Waals surface area contributed by atoms with E-state index in [-0.39, 0.29) is 17.1 Å². The fraction of sp³-hybridized carbons (Fsp3) is 0.0857. The highest BCUT2D eigenvalue weighted by atomic mass is 35.5. The summed E-state index contributed by atoms with van der Waals surface area (Å²) in [5, 5.41) is 5.18. The Bertz CT molecular complexity index is 1850. The van der Waals surface area contributed by atoms with Crippen LogP contribution < -0.4 is 4.90 Å². The monoisotopic (exact) mass is 525 g/mol. The number of hydrogen-bond donors (Lipinski definition) is 0. The van der Waals surface area contributed by atoms with Gasteiger partial charge in [0, 0.05) is 38.0 Å². The average Bonchev–Trinajstić information content (AvgIpc) is 3.31. The van der Waals surface area contributed by atoms with Gasteiger partial charge in [0.25, 0.3) is 0 Å². The van der Waals surface area contributed by atoms with Crippen molar-refractivity contribution in [3.63, 3.8) is 0 Å². The van der Waals surface area contributed by atoms with Crippen molar-refractivity contribution >= 4 is 56.1 Å². The molecule has 39 heavy (non-hydrogen) atoms. The van der Waals surface area contributed by atoms with Crippen molar-refractivity contribution in [2.75, 3.05) is 4.90 Å². The van der Waals surface area contributed by atoms with E-state index in [1.807, 2.05) is 18.2 Å². The molecule has 0 atom stereocenters. The highest BCUT2D eigenvalue weighted by molar-refractivity contribution is 6.39. The Balaban J connectivity index is 1.52. The third-order valence-electron chi connectivity index (χ3n) is 8.03. The summed E-state index contributed by atoms with van der Waals surface area (Å²) in [5.74, 6) is -0.461. The van der Waals surface area contributed by atoms with Gasteiger partial charge in [-0.2, -0.15) is 0 Å². The molecule has 0 amide bonds. The Labute approximate surface area is 231 Å². The van der Waals surface area contributed by atoms with E-state index in [2.05, 4.69) is 79.4 Å². The first kappa shape index (κ1) is 23.6. The summed E-state index contributed by atoms with van der Waals surface area (Å²) in [6, 6.07) is 32.0. The van der Waals surface area contributed by atoms with Crippen LogP contribution in [-0.2, 0) is 5.41 Å². The van der Waals surface area contributed by atoms with E-state index in [0.29, 0.717) is 16.1 Å². The molecule has 3 nitrogen and oxygen atoms in total. The minimum absolute atomic E-state index is 0.191. The Hall–Kier alpha value is -4.47. The molecule has 0 saturated carbocycles. The standard InChI is InChI=1S/C35H24ClNO2/c1-35(2)29-20-23(36)15-17-30(29)37(31(35)18-16-28-33(38)26-13-7-8-14-27(26)34(28)39)32-24-11-5-3-9-21(24)19-22-10-4-6-12-25(22)32/h3-20H,1-2H3/b31-18+. The average molecular weight is 526 g/mol. The number of benzene rings is 5. The largest absolute Gasteiger partial charge is 0.312 e. The van der Waals surface area contributed by atoms with Crippen LogP contribution in [0.3, 0.4) is 0 Å². The minimum atomic E-state index is -0.451. The summed E-state index contributed by atoms with van der Waals surface area (Å²) >= 11 is 6.51. The van der Waals surface area contributed by atoms with Crippen LogP contribution in [0.1, 0.15) is 40.1 Å². The molecule has 1 heterocycles. The second-order valence-corrected chi connectivity index (χ2v) is 11.1. The lowest BCUT2D eigenvalue weighted by Gasteiger charge is -2.29. The molecule has 0 spiro atoms. The van der Waals surface area contributed by atoms with Crippen molar-refractivity contribution in [2.45, 2.75) is 19.3 Å². The molecule has 4 heteroatoms. The van der Waals surface area contributed by atoms with Crippen LogP contribution in [0.5, 0.6) is 0 Å². The number of carbonyl (C=O) groups excluding carboxylic acids is 2. The quantitative estimate of drug-likeness (QED) is 0.131. The number of allylic oxidation sites excluding steroid dienone is 4. The van der Waals surface area contributed by atoms with Gasteiger partial charge in [-0.1, -0.05) is 98.2 Å². The highest BCUT2D eigenvalue weighted by Crippen LogP contribution is 2.54. The number of nitrogens with zero attached hydrogens (tertiary/aromatic N) is 1. The zero-order valence-electron chi connectivity index (χ0n) is 21.5. The maximum atomic E-state index is 13.2. The molecular weight excluding hydrogens is 502 g/mol. The molecular formula is C35H24ClNO2. The number of hydrogen-bond acceptors (Lipinski definition) is 3. The molecule has 7 rings (SSSR count). The highest BCUT2D eigenvalue weighted by Gasteiger charge is 2.42. The molecule has 0 N–H and O–H groups in total. The molecule has 5 aromatic carbocycles. The van der Waals surface area contributed by atoms with E-state index < -0.39 is 5.41 Å². The van der Waals surface area contributed by atoms with Crippen LogP contribution in [0.25, 0.3) is 21.5 Å². The molecule has 0 radical (unpaired) electrons. The molecule has 1 aliphatic heterocycles. The normalized spacial score (nSPS) is 16.8. The Kier molecular flexibility index (Phi) is 5.16. The van der Waals surface area contributed by atoms with E-state index in [1.54, 1.807) is 30.3 Å². The molecule has 0 fully saturated rings.